The fourth-order valence-corrected chi connectivity index (χ4v) is 5.20. The first-order valence-electron chi connectivity index (χ1n) is 14.6. The summed E-state index contributed by atoms with van der Waals surface area (Å²) in [5.41, 5.74) is 1.81. The van der Waals surface area contributed by atoms with Gasteiger partial charge < -0.3 is 29.4 Å². The lowest BCUT2D eigenvalue weighted by molar-refractivity contribution is 0.0854. The highest BCUT2D eigenvalue weighted by atomic mass is 19.1. The average molecular weight is 603 g/mol. The molecule has 2 aromatic carbocycles. The van der Waals surface area contributed by atoms with E-state index in [2.05, 4.69) is 10.3 Å². The average Bonchev–Trinajstić information content (AvgIpc) is 3.56. The fourth-order valence-electron chi connectivity index (χ4n) is 5.20. The van der Waals surface area contributed by atoms with E-state index in [-0.39, 0.29) is 43.7 Å². The zero-order valence-corrected chi connectivity index (χ0v) is 24.5. The highest BCUT2D eigenvalue weighted by Crippen LogP contribution is 2.26. The number of rotatable bonds is 11. The summed E-state index contributed by atoms with van der Waals surface area (Å²) in [5, 5.41) is 13.8. The topological polar surface area (TPSA) is 123 Å². The maximum absolute atomic E-state index is 13.8. The van der Waals surface area contributed by atoms with Gasteiger partial charge in [0.2, 0.25) is 0 Å². The van der Waals surface area contributed by atoms with Gasteiger partial charge in [-0.15, -0.1) is 0 Å². The van der Waals surface area contributed by atoms with E-state index in [4.69, 9.17) is 9.47 Å². The second-order valence-electron chi connectivity index (χ2n) is 10.9. The van der Waals surface area contributed by atoms with Crippen LogP contribution in [0.3, 0.4) is 0 Å². The number of amides is 2. The SMILES string of the molecule is CN(CCCn1c(=O)c(C(=O)NCC2CCCO2)c(O)c2ncc(Cc3ccc(F)cc3)cc21)C(=O)OCc1ccccc1. The Morgan fingerprint density at radius 2 is 1.91 bits per heavy atom. The van der Waals surface area contributed by atoms with Crippen LogP contribution in [0.25, 0.3) is 11.0 Å². The van der Waals surface area contributed by atoms with E-state index >= 15 is 0 Å². The van der Waals surface area contributed by atoms with Gasteiger partial charge in [0.1, 0.15) is 23.5 Å². The Balaban J connectivity index is 1.37. The number of aryl methyl sites for hydroxylation is 1. The molecule has 10 nitrogen and oxygen atoms in total. The Morgan fingerprint density at radius 1 is 1.14 bits per heavy atom. The van der Waals surface area contributed by atoms with Crippen molar-refractivity contribution in [2.75, 3.05) is 26.7 Å². The minimum Gasteiger partial charge on any atom is -0.505 e. The number of halogens is 1. The summed E-state index contributed by atoms with van der Waals surface area (Å²) >= 11 is 0. The maximum Gasteiger partial charge on any atom is 0.409 e. The van der Waals surface area contributed by atoms with Crippen LogP contribution in [-0.4, -0.2) is 64.4 Å². The molecule has 1 atom stereocenters. The van der Waals surface area contributed by atoms with Crippen molar-refractivity contribution >= 4 is 23.0 Å². The summed E-state index contributed by atoms with van der Waals surface area (Å²) in [4.78, 5) is 45.3. The van der Waals surface area contributed by atoms with E-state index in [1.165, 1.54) is 21.6 Å². The molecule has 4 aromatic rings. The van der Waals surface area contributed by atoms with Crippen molar-refractivity contribution < 1.29 is 28.6 Å². The van der Waals surface area contributed by atoms with Crippen molar-refractivity contribution in [2.24, 2.45) is 0 Å². The van der Waals surface area contributed by atoms with Crippen molar-refractivity contribution in [3.63, 3.8) is 0 Å². The highest BCUT2D eigenvalue weighted by molar-refractivity contribution is 6.01. The van der Waals surface area contributed by atoms with Crippen LogP contribution < -0.4 is 10.9 Å². The molecule has 1 fully saturated rings. The first-order chi connectivity index (χ1) is 21.3. The van der Waals surface area contributed by atoms with E-state index in [9.17, 15) is 23.9 Å². The first kappa shape index (κ1) is 30.7. The predicted molar refractivity (Wildman–Crippen MR) is 162 cm³/mol. The van der Waals surface area contributed by atoms with Gasteiger partial charge in [-0.05, 0) is 60.6 Å². The molecule has 5 rings (SSSR count). The molecule has 1 unspecified atom stereocenters. The highest BCUT2D eigenvalue weighted by Gasteiger charge is 2.25. The minimum atomic E-state index is -0.711. The van der Waals surface area contributed by atoms with Crippen LogP contribution in [0.15, 0.2) is 71.7 Å². The number of hydrogen-bond donors (Lipinski definition) is 2. The molecule has 0 spiro atoms. The second-order valence-corrected chi connectivity index (χ2v) is 10.9. The number of ether oxygens (including phenoxy) is 2. The van der Waals surface area contributed by atoms with Gasteiger partial charge in [0.25, 0.3) is 11.5 Å². The van der Waals surface area contributed by atoms with E-state index in [0.29, 0.717) is 25.0 Å². The van der Waals surface area contributed by atoms with Gasteiger partial charge in [0, 0.05) is 39.5 Å². The number of pyridine rings is 2. The number of hydrogen-bond acceptors (Lipinski definition) is 7. The third-order valence-electron chi connectivity index (χ3n) is 7.59. The zero-order chi connectivity index (χ0) is 31.1. The van der Waals surface area contributed by atoms with Crippen LogP contribution in [0.4, 0.5) is 9.18 Å². The van der Waals surface area contributed by atoms with Crippen LogP contribution in [0, 0.1) is 5.82 Å². The number of nitrogens with zero attached hydrogens (tertiary/aromatic N) is 3. The molecule has 0 bridgehead atoms. The molecule has 44 heavy (non-hydrogen) atoms. The van der Waals surface area contributed by atoms with Crippen LogP contribution in [0.5, 0.6) is 5.75 Å². The monoisotopic (exact) mass is 602 g/mol. The molecule has 230 valence electrons. The lowest BCUT2D eigenvalue weighted by Crippen LogP contribution is -2.37. The molecule has 0 saturated carbocycles. The smallest absolute Gasteiger partial charge is 0.409 e. The third kappa shape index (κ3) is 7.41. The van der Waals surface area contributed by atoms with Crippen LogP contribution >= 0.6 is 0 Å². The van der Waals surface area contributed by atoms with Crippen molar-refractivity contribution in [1.29, 1.82) is 0 Å². The van der Waals surface area contributed by atoms with Gasteiger partial charge in [-0.1, -0.05) is 42.5 Å². The molecule has 0 radical (unpaired) electrons. The Labute approximate surface area is 254 Å². The Hall–Kier alpha value is -4.77. The molecule has 0 aliphatic carbocycles. The predicted octanol–water partition coefficient (Wildman–Crippen LogP) is 4.40. The molecule has 11 heteroatoms. The van der Waals surface area contributed by atoms with Crippen LogP contribution in [0.1, 0.15) is 46.3 Å². The van der Waals surface area contributed by atoms with Gasteiger partial charge >= 0.3 is 6.09 Å². The summed E-state index contributed by atoms with van der Waals surface area (Å²) < 4.78 is 25.8. The van der Waals surface area contributed by atoms with Crippen molar-refractivity contribution in [3.05, 3.63) is 105 Å². The maximum atomic E-state index is 13.8. The number of aromatic nitrogens is 2. The fraction of sp³-hybridized carbons (Fsp3) is 0.333. The first-order valence-corrected chi connectivity index (χ1v) is 14.6. The molecule has 1 aliphatic heterocycles. The summed E-state index contributed by atoms with van der Waals surface area (Å²) in [7, 11) is 1.61. The van der Waals surface area contributed by atoms with E-state index < -0.39 is 28.9 Å². The Kier molecular flexibility index (Phi) is 9.86. The van der Waals surface area contributed by atoms with Crippen molar-refractivity contribution in [1.82, 2.24) is 19.8 Å². The standard InChI is InChI=1S/C33H35FN4O6/c1-37(33(42)44-21-23-7-3-2-4-8-23)14-6-15-38-27-18-24(17-22-10-12-25(34)13-11-22)19-35-29(27)30(39)28(32(38)41)31(40)36-20-26-9-5-16-43-26/h2-4,7-8,10-13,18-19,26,39H,5-6,9,14-17,20-21H2,1H3,(H,36,40). The number of nitrogens with one attached hydrogen (secondary N) is 1. The van der Waals surface area contributed by atoms with Gasteiger partial charge in [0.15, 0.2) is 5.75 Å². The number of carbonyl (C=O) groups excluding carboxylic acids is 2. The third-order valence-corrected chi connectivity index (χ3v) is 7.59. The number of fused-ring (bicyclic) bond motifs is 1. The molecule has 2 N–H and O–H groups in total. The second kappa shape index (κ2) is 14.1. The lowest BCUT2D eigenvalue weighted by Gasteiger charge is -2.19. The molecular weight excluding hydrogens is 567 g/mol. The number of aromatic hydroxyl groups is 1. The largest absolute Gasteiger partial charge is 0.505 e. The van der Waals surface area contributed by atoms with Gasteiger partial charge in [-0.3, -0.25) is 14.6 Å². The quantitative estimate of drug-likeness (QED) is 0.261. The van der Waals surface area contributed by atoms with Crippen LogP contribution in [-0.2, 0) is 29.0 Å². The Morgan fingerprint density at radius 3 is 2.64 bits per heavy atom. The molecule has 2 amide bonds. The van der Waals surface area contributed by atoms with E-state index in [1.807, 2.05) is 30.3 Å². The van der Waals surface area contributed by atoms with Gasteiger partial charge in [-0.2, -0.15) is 0 Å². The normalized spacial score (nSPS) is 14.5. The summed E-state index contributed by atoms with van der Waals surface area (Å²) in [6, 6.07) is 17.1. The molecule has 3 heterocycles. The van der Waals surface area contributed by atoms with Crippen molar-refractivity contribution in [3.8, 4) is 5.75 Å². The molecule has 1 aliphatic rings. The summed E-state index contributed by atoms with van der Waals surface area (Å²) in [5.74, 6) is -1.55. The summed E-state index contributed by atoms with van der Waals surface area (Å²) in [6.07, 6.45) is 3.38. The minimum absolute atomic E-state index is 0.102. The van der Waals surface area contributed by atoms with Crippen molar-refractivity contribution in [2.45, 2.75) is 44.9 Å². The lowest BCUT2D eigenvalue weighted by atomic mass is 10.0. The van der Waals surface area contributed by atoms with Gasteiger partial charge in [0.05, 0.1) is 11.6 Å². The molecule has 2 aromatic heterocycles. The zero-order valence-electron chi connectivity index (χ0n) is 24.5. The number of benzene rings is 2. The van der Waals surface area contributed by atoms with E-state index in [1.54, 1.807) is 31.4 Å². The molecule has 1 saturated heterocycles. The Bertz CT molecular complexity index is 1670. The van der Waals surface area contributed by atoms with E-state index in [0.717, 1.165) is 29.5 Å². The molecular formula is C33H35FN4O6. The summed E-state index contributed by atoms with van der Waals surface area (Å²) in [6.45, 7) is 1.38. The number of carbonyl (C=O) groups is 2. The van der Waals surface area contributed by atoms with Gasteiger partial charge in [-0.25, -0.2) is 9.18 Å². The van der Waals surface area contributed by atoms with Crippen LogP contribution in [0.2, 0.25) is 0 Å².